The fourth-order valence-electron chi connectivity index (χ4n) is 1.87. The largest absolute Gasteiger partial charge is 0.320 e. The van der Waals surface area contributed by atoms with Crippen molar-refractivity contribution in [2.45, 2.75) is 0 Å². The molecule has 0 radical (unpaired) electrons. The quantitative estimate of drug-likeness (QED) is 0.587. The Bertz CT molecular complexity index is 604. The number of fused-ring (bicyclic) bond motifs is 1. The van der Waals surface area contributed by atoms with Crippen molar-refractivity contribution in [3.05, 3.63) is 49.1 Å². The van der Waals surface area contributed by atoms with Gasteiger partial charge in [0.1, 0.15) is 5.82 Å². The van der Waals surface area contributed by atoms with Crippen molar-refractivity contribution in [1.82, 2.24) is 14.1 Å². The summed E-state index contributed by atoms with van der Waals surface area (Å²) in [4.78, 5) is 4.13. The summed E-state index contributed by atoms with van der Waals surface area (Å²) in [5.41, 5.74) is 1.21. The molecule has 0 atom stereocenters. The maximum absolute atomic E-state index is 4.13. The molecule has 2 aromatic heterocycles. The van der Waals surface area contributed by atoms with E-state index in [2.05, 4.69) is 46.1 Å². The first-order chi connectivity index (χ1) is 7.36. The highest BCUT2D eigenvalue weighted by Crippen LogP contribution is 2.19. The van der Waals surface area contributed by atoms with Crippen molar-refractivity contribution in [1.29, 1.82) is 0 Å². The molecule has 74 valence electrons. The summed E-state index contributed by atoms with van der Waals surface area (Å²) in [6.45, 7) is 0. The van der Waals surface area contributed by atoms with E-state index in [0.29, 0.717) is 0 Å². The van der Waals surface area contributed by atoms with Crippen molar-refractivity contribution in [2.24, 2.45) is 7.05 Å². The van der Waals surface area contributed by atoms with Crippen LogP contribution in [-0.4, -0.2) is 14.1 Å². The Balaban J connectivity index is 2.32. The van der Waals surface area contributed by atoms with Crippen LogP contribution < -0.4 is 0 Å². The molecule has 3 nitrogen and oxygen atoms in total. The summed E-state index contributed by atoms with van der Waals surface area (Å²) in [7, 11) is 2.00. The number of imidazole rings is 1. The fraction of sp³-hybridized carbons (Fsp3) is 0.0833. The topological polar surface area (TPSA) is 22.8 Å². The number of hydrogen-bond donors (Lipinski definition) is 0. The number of hydrogen-bond acceptors (Lipinski definition) is 1. The van der Waals surface area contributed by atoms with Crippen LogP contribution in [-0.2, 0) is 7.05 Å². The Morgan fingerprint density at radius 1 is 1.13 bits per heavy atom. The van der Waals surface area contributed by atoms with Crippen LogP contribution in [0.5, 0.6) is 0 Å². The molecule has 0 unspecified atom stereocenters. The monoisotopic (exact) mass is 197 g/mol. The molecule has 0 saturated heterocycles. The Morgan fingerprint density at radius 2 is 2.00 bits per heavy atom. The molecule has 1 aromatic carbocycles. The minimum absolute atomic E-state index is 1.08. The summed E-state index contributed by atoms with van der Waals surface area (Å²) in [5.74, 6) is 1.08. The molecule has 0 spiro atoms. The number of aryl methyl sites for hydroxylation is 1. The minimum Gasteiger partial charge on any atom is -0.320 e. The average Bonchev–Trinajstić information content (AvgIpc) is 2.83. The Morgan fingerprint density at radius 3 is 2.80 bits per heavy atom. The lowest BCUT2D eigenvalue weighted by Crippen LogP contribution is -1.98. The van der Waals surface area contributed by atoms with Crippen molar-refractivity contribution in [3.63, 3.8) is 0 Å². The summed E-state index contributed by atoms with van der Waals surface area (Å²) < 4.78 is 4.15. The summed E-state index contributed by atoms with van der Waals surface area (Å²) >= 11 is 0. The molecule has 0 aliphatic heterocycles. The van der Waals surface area contributed by atoms with Crippen molar-refractivity contribution in [2.75, 3.05) is 0 Å². The third kappa shape index (κ3) is 1.16. The normalized spacial score (nSPS) is 11.0. The van der Waals surface area contributed by atoms with E-state index in [-0.39, 0.29) is 0 Å². The standard InChI is InChI=1S/C12H11N3/c1-14-9-13-8-12(14)15-7-6-10-4-2-3-5-11(10)15/h2-9H,1H3. The van der Waals surface area contributed by atoms with Crippen LogP contribution in [0, 0.1) is 0 Å². The molecule has 0 fully saturated rings. The number of aromatic nitrogens is 3. The van der Waals surface area contributed by atoms with Crippen molar-refractivity contribution in [3.8, 4) is 5.82 Å². The van der Waals surface area contributed by atoms with E-state index < -0.39 is 0 Å². The van der Waals surface area contributed by atoms with Crippen LogP contribution in [0.1, 0.15) is 0 Å². The van der Waals surface area contributed by atoms with Gasteiger partial charge in [-0.25, -0.2) is 4.98 Å². The van der Waals surface area contributed by atoms with Gasteiger partial charge in [-0.1, -0.05) is 18.2 Å². The van der Waals surface area contributed by atoms with E-state index >= 15 is 0 Å². The van der Waals surface area contributed by atoms with Gasteiger partial charge in [0.15, 0.2) is 0 Å². The van der Waals surface area contributed by atoms with Crippen LogP contribution in [0.2, 0.25) is 0 Å². The molecule has 0 N–H and O–H groups in total. The van der Waals surface area contributed by atoms with Gasteiger partial charge >= 0.3 is 0 Å². The first-order valence-corrected chi connectivity index (χ1v) is 4.89. The highest BCUT2D eigenvalue weighted by Gasteiger charge is 2.04. The number of benzene rings is 1. The fourth-order valence-corrected chi connectivity index (χ4v) is 1.87. The van der Waals surface area contributed by atoms with E-state index in [9.17, 15) is 0 Å². The lowest BCUT2D eigenvalue weighted by molar-refractivity contribution is 0.853. The molecule has 3 rings (SSSR count). The zero-order valence-corrected chi connectivity index (χ0v) is 8.46. The molecule has 0 aliphatic carbocycles. The molecular weight excluding hydrogens is 186 g/mol. The molecule has 2 heterocycles. The van der Waals surface area contributed by atoms with Gasteiger partial charge in [-0.2, -0.15) is 0 Å². The molecule has 0 aliphatic rings. The van der Waals surface area contributed by atoms with Crippen LogP contribution in [0.3, 0.4) is 0 Å². The van der Waals surface area contributed by atoms with Gasteiger partial charge in [-0.15, -0.1) is 0 Å². The average molecular weight is 197 g/mol. The zero-order chi connectivity index (χ0) is 10.3. The van der Waals surface area contributed by atoms with Gasteiger partial charge in [0.05, 0.1) is 18.0 Å². The SMILES string of the molecule is Cn1cncc1-n1ccc2ccccc21. The Labute approximate surface area is 87.6 Å². The first kappa shape index (κ1) is 8.29. The maximum atomic E-state index is 4.13. The summed E-state index contributed by atoms with van der Waals surface area (Å²) in [6, 6.07) is 10.4. The number of nitrogens with zero attached hydrogens (tertiary/aromatic N) is 3. The van der Waals surface area contributed by atoms with Gasteiger partial charge in [0.25, 0.3) is 0 Å². The van der Waals surface area contributed by atoms with E-state index in [1.54, 1.807) is 0 Å². The molecule has 0 amide bonds. The molecule has 3 heteroatoms. The second-order valence-corrected chi connectivity index (χ2v) is 3.61. The third-order valence-corrected chi connectivity index (χ3v) is 2.64. The van der Waals surface area contributed by atoms with Crippen molar-refractivity contribution < 1.29 is 0 Å². The summed E-state index contributed by atoms with van der Waals surface area (Å²) in [6.07, 6.45) is 5.75. The zero-order valence-electron chi connectivity index (χ0n) is 8.46. The number of para-hydroxylation sites is 1. The van der Waals surface area contributed by atoms with Crippen LogP contribution in [0.15, 0.2) is 49.1 Å². The van der Waals surface area contributed by atoms with E-state index in [4.69, 9.17) is 0 Å². The van der Waals surface area contributed by atoms with Crippen molar-refractivity contribution >= 4 is 10.9 Å². The van der Waals surface area contributed by atoms with E-state index in [0.717, 1.165) is 5.82 Å². The van der Waals surface area contributed by atoms with Crippen LogP contribution >= 0.6 is 0 Å². The predicted molar refractivity (Wildman–Crippen MR) is 60.0 cm³/mol. The first-order valence-electron chi connectivity index (χ1n) is 4.89. The van der Waals surface area contributed by atoms with Gasteiger partial charge in [0, 0.05) is 13.2 Å². The molecular formula is C12H11N3. The predicted octanol–water partition coefficient (Wildman–Crippen LogP) is 2.36. The van der Waals surface area contributed by atoms with Crippen LogP contribution in [0.4, 0.5) is 0 Å². The highest BCUT2D eigenvalue weighted by atomic mass is 15.2. The van der Waals surface area contributed by atoms with Gasteiger partial charge in [-0.05, 0) is 17.5 Å². The van der Waals surface area contributed by atoms with Gasteiger partial charge in [0.2, 0.25) is 0 Å². The molecule has 0 saturated carbocycles. The van der Waals surface area contributed by atoms with E-state index in [1.807, 2.05) is 24.1 Å². The third-order valence-electron chi connectivity index (χ3n) is 2.64. The molecule has 0 bridgehead atoms. The minimum atomic E-state index is 1.08. The second kappa shape index (κ2) is 2.98. The lowest BCUT2D eigenvalue weighted by atomic mass is 10.2. The maximum Gasteiger partial charge on any atom is 0.136 e. The van der Waals surface area contributed by atoms with Crippen LogP contribution in [0.25, 0.3) is 16.7 Å². The lowest BCUT2D eigenvalue weighted by Gasteiger charge is -2.04. The van der Waals surface area contributed by atoms with Gasteiger partial charge in [-0.3, -0.25) is 0 Å². The number of rotatable bonds is 1. The smallest absolute Gasteiger partial charge is 0.136 e. The highest BCUT2D eigenvalue weighted by molar-refractivity contribution is 5.81. The Kier molecular flexibility index (Phi) is 1.65. The molecule has 3 aromatic rings. The summed E-state index contributed by atoms with van der Waals surface area (Å²) in [5, 5.41) is 1.25. The second-order valence-electron chi connectivity index (χ2n) is 3.61. The molecule has 15 heavy (non-hydrogen) atoms. The van der Waals surface area contributed by atoms with E-state index in [1.165, 1.54) is 10.9 Å². The van der Waals surface area contributed by atoms with Gasteiger partial charge < -0.3 is 9.13 Å². The Hall–Kier alpha value is -2.03.